The summed E-state index contributed by atoms with van der Waals surface area (Å²) in [5, 5.41) is 14.3. The number of rotatable bonds is 8. The lowest BCUT2D eigenvalue weighted by Gasteiger charge is -2.16. The van der Waals surface area contributed by atoms with Gasteiger partial charge in [0.15, 0.2) is 5.11 Å². The molecular weight excluding hydrogens is 476 g/mol. The van der Waals surface area contributed by atoms with E-state index in [0.717, 1.165) is 16.3 Å². The van der Waals surface area contributed by atoms with Gasteiger partial charge in [0.25, 0.3) is 0 Å². The Hall–Kier alpha value is -2.92. The van der Waals surface area contributed by atoms with Crippen LogP contribution in [0.15, 0.2) is 88.7 Å². The van der Waals surface area contributed by atoms with Crippen LogP contribution in [0.1, 0.15) is 13.3 Å². The third-order valence-electron chi connectivity index (χ3n) is 4.52. The molecule has 172 valence electrons. The number of carbonyl (C=O) groups excluding carboxylic acids is 1. The van der Waals surface area contributed by atoms with Crippen LogP contribution >= 0.6 is 24.0 Å². The first kappa shape index (κ1) is 24.7. The quantitative estimate of drug-likeness (QED) is 0.263. The fraction of sp³-hybridized carbons (Fsp3) is 0.130. The predicted molar refractivity (Wildman–Crippen MR) is 139 cm³/mol. The van der Waals surface area contributed by atoms with E-state index in [0.29, 0.717) is 17.2 Å². The molecule has 0 heterocycles. The van der Waals surface area contributed by atoms with Gasteiger partial charge in [-0.2, -0.15) is 0 Å². The van der Waals surface area contributed by atoms with Gasteiger partial charge in [-0.15, -0.1) is 11.8 Å². The number of nitrogens with one attached hydrogen (secondary N) is 3. The van der Waals surface area contributed by atoms with Gasteiger partial charge in [0.1, 0.15) is 0 Å². The van der Waals surface area contributed by atoms with E-state index in [1.165, 1.54) is 36.0 Å². The highest BCUT2D eigenvalue weighted by Gasteiger charge is 2.19. The van der Waals surface area contributed by atoms with Gasteiger partial charge < -0.3 is 16.0 Å². The molecule has 0 aliphatic heterocycles. The molecule has 0 aromatic heterocycles. The summed E-state index contributed by atoms with van der Waals surface area (Å²) in [5.74, 6) is -0.175. The van der Waals surface area contributed by atoms with E-state index in [-0.39, 0.29) is 16.1 Å². The maximum absolute atomic E-state index is 12.8. The molecule has 3 aromatic rings. The second-order valence-electron chi connectivity index (χ2n) is 7.05. The largest absolute Gasteiger partial charge is 0.332 e. The number of hydrogen-bond acceptors (Lipinski definition) is 5. The SMILES string of the molecule is CCC(Sc1cccc(NC(=S)Nc2ccccc2)c1)C(=O)Nc1ccc(S(N)(=O)=O)cc1. The first-order valence-electron chi connectivity index (χ1n) is 10.1. The predicted octanol–water partition coefficient (Wildman–Crippen LogP) is 4.65. The van der Waals surface area contributed by atoms with Crippen molar-refractivity contribution < 1.29 is 13.2 Å². The summed E-state index contributed by atoms with van der Waals surface area (Å²) >= 11 is 6.82. The Labute approximate surface area is 203 Å². The summed E-state index contributed by atoms with van der Waals surface area (Å²) in [4.78, 5) is 13.7. The van der Waals surface area contributed by atoms with Crippen molar-refractivity contribution in [2.75, 3.05) is 16.0 Å². The van der Waals surface area contributed by atoms with E-state index in [2.05, 4.69) is 16.0 Å². The van der Waals surface area contributed by atoms with Crippen molar-refractivity contribution in [3.05, 3.63) is 78.9 Å². The van der Waals surface area contributed by atoms with Crippen LogP contribution in [0.3, 0.4) is 0 Å². The molecule has 5 N–H and O–H groups in total. The summed E-state index contributed by atoms with van der Waals surface area (Å²) in [7, 11) is -3.78. The maximum atomic E-state index is 12.8. The van der Waals surface area contributed by atoms with Gasteiger partial charge >= 0.3 is 0 Å². The molecule has 3 rings (SSSR count). The molecule has 0 fully saturated rings. The summed E-state index contributed by atoms with van der Waals surface area (Å²) in [6.07, 6.45) is 0.609. The van der Waals surface area contributed by atoms with Crippen LogP contribution in [-0.2, 0) is 14.8 Å². The number of nitrogens with two attached hydrogens (primary N) is 1. The van der Waals surface area contributed by atoms with Crippen LogP contribution in [0.5, 0.6) is 0 Å². The Morgan fingerprint density at radius 1 is 0.909 bits per heavy atom. The highest BCUT2D eigenvalue weighted by molar-refractivity contribution is 8.00. The fourth-order valence-electron chi connectivity index (χ4n) is 2.90. The number of anilines is 3. The molecule has 0 bridgehead atoms. The van der Waals surface area contributed by atoms with E-state index >= 15 is 0 Å². The monoisotopic (exact) mass is 500 g/mol. The van der Waals surface area contributed by atoms with E-state index in [4.69, 9.17) is 17.4 Å². The Bertz CT molecular complexity index is 1220. The standard InChI is InChI=1S/C23H24N4O3S3/c1-2-21(22(28)25-17-11-13-20(14-12-17)33(24,29)30)32-19-10-6-9-18(15-19)27-23(31)26-16-7-4-3-5-8-16/h3-15,21H,2H2,1H3,(H,25,28)(H2,24,29,30)(H2,26,27,31). The molecule has 0 saturated carbocycles. The highest BCUT2D eigenvalue weighted by Crippen LogP contribution is 2.29. The smallest absolute Gasteiger partial charge is 0.238 e. The second kappa shape index (κ2) is 11.3. The number of benzene rings is 3. The van der Waals surface area contributed by atoms with E-state index < -0.39 is 10.0 Å². The van der Waals surface area contributed by atoms with Crippen molar-refractivity contribution in [1.29, 1.82) is 0 Å². The van der Waals surface area contributed by atoms with E-state index in [1.807, 2.05) is 61.5 Å². The molecule has 0 saturated heterocycles. The minimum atomic E-state index is -3.78. The van der Waals surface area contributed by atoms with Crippen LogP contribution < -0.4 is 21.1 Å². The topological polar surface area (TPSA) is 113 Å². The van der Waals surface area contributed by atoms with Crippen LogP contribution in [0.2, 0.25) is 0 Å². The van der Waals surface area contributed by atoms with Crippen molar-refractivity contribution in [1.82, 2.24) is 0 Å². The minimum absolute atomic E-state index is 0.00843. The van der Waals surface area contributed by atoms with Crippen LogP contribution in [0, 0.1) is 0 Å². The Kier molecular flexibility index (Phi) is 8.45. The first-order chi connectivity index (χ1) is 15.7. The number of para-hydroxylation sites is 1. The number of thiocarbonyl (C=S) groups is 1. The number of hydrogen-bond donors (Lipinski definition) is 4. The zero-order valence-corrected chi connectivity index (χ0v) is 20.3. The molecule has 3 aromatic carbocycles. The minimum Gasteiger partial charge on any atom is -0.332 e. The van der Waals surface area contributed by atoms with Crippen LogP contribution in [0.4, 0.5) is 17.1 Å². The number of thioether (sulfide) groups is 1. The third kappa shape index (κ3) is 7.57. The lowest BCUT2D eigenvalue weighted by atomic mass is 10.2. The van der Waals surface area contributed by atoms with Crippen LogP contribution in [-0.4, -0.2) is 24.7 Å². The molecule has 33 heavy (non-hydrogen) atoms. The molecule has 0 spiro atoms. The van der Waals surface area contributed by atoms with E-state index in [9.17, 15) is 13.2 Å². The van der Waals surface area contributed by atoms with Gasteiger partial charge in [-0.3, -0.25) is 4.79 Å². The number of sulfonamides is 1. The summed E-state index contributed by atoms with van der Waals surface area (Å²) in [6.45, 7) is 1.93. The van der Waals surface area contributed by atoms with Crippen LogP contribution in [0.25, 0.3) is 0 Å². The molecule has 1 amide bonds. The molecular formula is C23H24N4O3S3. The molecule has 1 unspecified atom stereocenters. The molecule has 0 radical (unpaired) electrons. The van der Waals surface area contributed by atoms with E-state index in [1.54, 1.807) is 0 Å². The van der Waals surface area contributed by atoms with Gasteiger partial charge in [0, 0.05) is 22.0 Å². The first-order valence-corrected chi connectivity index (χ1v) is 12.9. The van der Waals surface area contributed by atoms with Crippen molar-refractivity contribution in [2.24, 2.45) is 5.14 Å². The molecule has 7 nitrogen and oxygen atoms in total. The van der Waals surface area contributed by atoms with Gasteiger partial charge in [-0.25, -0.2) is 13.6 Å². The molecule has 10 heteroatoms. The zero-order valence-electron chi connectivity index (χ0n) is 17.8. The normalized spacial score (nSPS) is 11.9. The van der Waals surface area contributed by atoms with Gasteiger partial charge in [0.05, 0.1) is 10.1 Å². The van der Waals surface area contributed by atoms with Crippen molar-refractivity contribution in [3.8, 4) is 0 Å². The van der Waals surface area contributed by atoms with Crippen molar-refractivity contribution in [3.63, 3.8) is 0 Å². The summed E-state index contributed by atoms with van der Waals surface area (Å²) in [5.41, 5.74) is 2.20. The van der Waals surface area contributed by atoms with Crippen molar-refractivity contribution in [2.45, 2.75) is 28.4 Å². The maximum Gasteiger partial charge on any atom is 0.238 e. The lowest BCUT2D eigenvalue weighted by Crippen LogP contribution is -2.24. The lowest BCUT2D eigenvalue weighted by molar-refractivity contribution is -0.115. The van der Waals surface area contributed by atoms with Crippen molar-refractivity contribution >= 4 is 62.1 Å². The average Bonchev–Trinajstić information content (AvgIpc) is 2.78. The number of carbonyl (C=O) groups is 1. The molecule has 0 aliphatic carbocycles. The second-order valence-corrected chi connectivity index (χ2v) is 10.3. The summed E-state index contributed by atoms with van der Waals surface area (Å²) in [6, 6.07) is 23.0. The molecule has 1 atom stereocenters. The van der Waals surface area contributed by atoms with Gasteiger partial charge in [0.2, 0.25) is 15.9 Å². The Balaban J connectivity index is 1.61. The Morgan fingerprint density at radius 3 is 2.15 bits per heavy atom. The Morgan fingerprint density at radius 2 is 1.52 bits per heavy atom. The summed E-state index contributed by atoms with van der Waals surface area (Å²) < 4.78 is 22.8. The molecule has 0 aliphatic rings. The average molecular weight is 501 g/mol. The zero-order chi connectivity index (χ0) is 23.8. The third-order valence-corrected chi connectivity index (χ3v) is 7.01. The fourth-order valence-corrected chi connectivity index (χ4v) is 4.66. The highest BCUT2D eigenvalue weighted by atomic mass is 32.2. The van der Waals surface area contributed by atoms with Gasteiger partial charge in [-0.05, 0) is 73.2 Å². The van der Waals surface area contributed by atoms with Gasteiger partial charge in [-0.1, -0.05) is 31.2 Å². The number of primary sulfonamides is 1. The number of amides is 1.